The molecule has 270 valence electrons. The van der Waals surface area contributed by atoms with Gasteiger partial charge in [-0.1, -0.05) is 143 Å². The van der Waals surface area contributed by atoms with Crippen LogP contribution in [0.4, 0.5) is 0 Å². The molecule has 0 amide bonds. The first kappa shape index (κ1) is 37.6. The number of aryl methyl sites for hydroxylation is 1. The third-order valence-corrected chi connectivity index (χ3v) is 9.54. The van der Waals surface area contributed by atoms with E-state index in [1.54, 1.807) is 0 Å². The average molecular weight is 766 g/mol. The summed E-state index contributed by atoms with van der Waals surface area (Å²) in [5.74, 6) is -0.432. The molecule has 6 atom stereocenters. The zero-order chi connectivity index (χ0) is 36.1. The quantitative estimate of drug-likeness (QED) is 0.0929. The number of carbonyl (C=O) groups is 1. The van der Waals surface area contributed by atoms with Crippen LogP contribution in [-0.2, 0) is 59.6 Å². The van der Waals surface area contributed by atoms with Gasteiger partial charge in [-0.2, -0.15) is 0 Å². The summed E-state index contributed by atoms with van der Waals surface area (Å²) in [5, 5.41) is 0. The van der Waals surface area contributed by atoms with Crippen LogP contribution in [-0.4, -0.2) is 43.1 Å². The van der Waals surface area contributed by atoms with E-state index < -0.39 is 42.6 Å². The summed E-state index contributed by atoms with van der Waals surface area (Å²) in [5.41, 5.74) is 5.80. The monoisotopic (exact) mass is 764 g/mol. The maximum atomic E-state index is 12.9. The third-order valence-electron chi connectivity index (χ3n) is 9.05. The van der Waals surface area contributed by atoms with E-state index in [4.69, 9.17) is 28.4 Å². The molecule has 1 aliphatic heterocycles. The SMILES string of the molecule is CC(=O)OC(c1ccc(Br)cc1C)[C@H]1O[C@H](COCc2ccccc2)[C@@H](OCc2ccccc2)[C@H](OCc2ccccc2)[C@@H]1OCc1ccccc1. The van der Waals surface area contributed by atoms with Gasteiger partial charge in [-0.25, -0.2) is 0 Å². The molecule has 1 unspecified atom stereocenters. The van der Waals surface area contributed by atoms with E-state index >= 15 is 0 Å². The zero-order valence-electron chi connectivity index (χ0n) is 29.5. The Hall–Kier alpha value is -4.15. The molecule has 52 heavy (non-hydrogen) atoms. The Morgan fingerprint density at radius 2 is 1.10 bits per heavy atom. The molecule has 0 aromatic heterocycles. The summed E-state index contributed by atoms with van der Waals surface area (Å²) in [6.07, 6.45) is -4.19. The average Bonchev–Trinajstić information content (AvgIpc) is 3.16. The van der Waals surface area contributed by atoms with Crippen molar-refractivity contribution in [3.63, 3.8) is 0 Å². The molecule has 5 aromatic rings. The lowest BCUT2D eigenvalue weighted by Gasteiger charge is -2.48. The van der Waals surface area contributed by atoms with Crippen molar-refractivity contribution in [3.05, 3.63) is 177 Å². The molecule has 7 nitrogen and oxygen atoms in total. The normalized spacial score (nSPS) is 20.6. The minimum atomic E-state index is -0.819. The van der Waals surface area contributed by atoms with Gasteiger partial charge in [0.2, 0.25) is 0 Å². The molecule has 1 heterocycles. The van der Waals surface area contributed by atoms with Gasteiger partial charge >= 0.3 is 5.97 Å². The zero-order valence-corrected chi connectivity index (χ0v) is 31.1. The highest BCUT2D eigenvalue weighted by Crippen LogP contribution is 2.39. The number of hydrogen-bond donors (Lipinski definition) is 0. The van der Waals surface area contributed by atoms with Crippen molar-refractivity contribution in [2.45, 2.75) is 76.9 Å². The number of esters is 1. The van der Waals surface area contributed by atoms with E-state index in [1.807, 2.05) is 146 Å². The first-order valence-electron chi connectivity index (χ1n) is 17.6. The molecule has 0 aliphatic carbocycles. The van der Waals surface area contributed by atoms with Crippen LogP contribution < -0.4 is 0 Å². The van der Waals surface area contributed by atoms with Crippen molar-refractivity contribution in [3.8, 4) is 0 Å². The van der Waals surface area contributed by atoms with Crippen LogP contribution in [0.5, 0.6) is 0 Å². The summed E-state index contributed by atoms with van der Waals surface area (Å²) in [7, 11) is 0. The van der Waals surface area contributed by atoms with E-state index in [2.05, 4.69) is 15.9 Å². The number of ether oxygens (including phenoxy) is 6. The van der Waals surface area contributed by atoms with Crippen LogP contribution in [0.15, 0.2) is 144 Å². The Morgan fingerprint density at radius 3 is 1.58 bits per heavy atom. The van der Waals surface area contributed by atoms with Gasteiger partial charge in [-0.15, -0.1) is 0 Å². The highest BCUT2D eigenvalue weighted by molar-refractivity contribution is 9.10. The molecule has 1 fully saturated rings. The lowest BCUT2D eigenvalue weighted by molar-refractivity contribution is -0.289. The van der Waals surface area contributed by atoms with Crippen molar-refractivity contribution in [1.29, 1.82) is 0 Å². The molecule has 6 rings (SSSR count). The van der Waals surface area contributed by atoms with Gasteiger partial charge < -0.3 is 28.4 Å². The second-order valence-corrected chi connectivity index (χ2v) is 13.9. The van der Waals surface area contributed by atoms with Crippen LogP contribution in [0.2, 0.25) is 0 Å². The second-order valence-electron chi connectivity index (χ2n) is 13.0. The highest BCUT2D eigenvalue weighted by Gasteiger charge is 2.52. The predicted octanol–water partition coefficient (Wildman–Crippen LogP) is 9.10. The maximum absolute atomic E-state index is 12.9. The summed E-state index contributed by atoms with van der Waals surface area (Å²) < 4.78 is 41.1. The Kier molecular flexibility index (Phi) is 13.8. The first-order chi connectivity index (χ1) is 25.4. The topological polar surface area (TPSA) is 72.5 Å². The standard InChI is InChI=1S/C44H45BrO7/c1-31-25-37(45)23-24-38(31)40(51-32(2)46)44-43(50-29-36-21-13-6-14-22-36)42(49-28-35-19-11-5-12-20-35)41(48-27-34-17-9-4-10-18-34)39(52-44)30-47-26-33-15-7-3-8-16-33/h3-25,39-44H,26-30H2,1-2H3/t39-,40?,41-,42+,43+,44-/m1/s1. The van der Waals surface area contributed by atoms with Gasteiger partial charge in [-0.3, -0.25) is 4.79 Å². The molecule has 1 saturated heterocycles. The van der Waals surface area contributed by atoms with Crippen molar-refractivity contribution in [2.75, 3.05) is 6.61 Å². The number of rotatable bonds is 16. The number of halogens is 1. The van der Waals surface area contributed by atoms with Crippen LogP contribution in [0.25, 0.3) is 0 Å². The van der Waals surface area contributed by atoms with Crippen LogP contribution in [0, 0.1) is 6.92 Å². The largest absolute Gasteiger partial charge is 0.455 e. The van der Waals surface area contributed by atoms with E-state index in [-0.39, 0.29) is 13.2 Å². The second kappa shape index (κ2) is 19.1. The molecule has 0 saturated carbocycles. The molecular formula is C44H45BrO7. The molecule has 0 radical (unpaired) electrons. The Balaban J connectivity index is 1.41. The van der Waals surface area contributed by atoms with Gasteiger partial charge in [0.05, 0.1) is 33.0 Å². The molecule has 0 spiro atoms. The first-order valence-corrected chi connectivity index (χ1v) is 18.4. The molecule has 5 aromatic carbocycles. The summed E-state index contributed by atoms with van der Waals surface area (Å²) in [4.78, 5) is 12.9. The number of benzene rings is 5. The van der Waals surface area contributed by atoms with Crippen molar-refractivity contribution in [2.24, 2.45) is 0 Å². The van der Waals surface area contributed by atoms with E-state index in [1.165, 1.54) is 6.92 Å². The van der Waals surface area contributed by atoms with Gasteiger partial charge in [0, 0.05) is 11.4 Å². The molecule has 0 N–H and O–H groups in total. The molecular weight excluding hydrogens is 720 g/mol. The third kappa shape index (κ3) is 10.5. The summed E-state index contributed by atoms with van der Waals surface area (Å²) in [6, 6.07) is 46.0. The van der Waals surface area contributed by atoms with Gasteiger partial charge in [0.25, 0.3) is 0 Å². The smallest absolute Gasteiger partial charge is 0.303 e. The van der Waals surface area contributed by atoms with Crippen molar-refractivity contribution >= 4 is 21.9 Å². The number of carbonyl (C=O) groups excluding carboxylic acids is 1. The van der Waals surface area contributed by atoms with E-state index in [0.29, 0.717) is 19.8 Å². The molecule has 8 heteroatoms. The minimum absolute atomic E-state index is 0.202. The van der Waals surface area contributed by atoms with Crippen molar-refractivity contribution < 1.29 is 33.2 Å². The fourth-order valence-corrected chi connectivity index (χ4v) is 6.99. The summed E-state index contributed by atoms with van der Waals surface area (Å²) >= 11 is 3.59. The Labute approximate surface area is 314 Å². The fraction of sp³-hybridized carbons (Fsp3) is 0.295. The van der Waals surface area contributed by atoms with E-state index in [9.17, 15) is 4.79 Å². The minimum Gasteiger partial charge on any atom is -0.455 e. The van der Waals surface area contributed by atoms with Crippen LogP contribution in [0.3, 0.4) is 0 Å². The Morgan fingerprint density at radius 1 is 0.635 bits per heavy atom. The molecule has 1 aliphatic rings. The lowest BCUT2D eigenvalue weighted by atomic mass is 9.87. The maximum Gasteiger partial charge on any atom is 0.303 e. The highest BCUT2D eigenvalue weighted by atomic mass is 79.9. The number of hydrogen-bond acceptors (Lipinski definition) is 7. The van der Waals surface area contributed by atoms with Gasteiger partial charge in [0.1, 0.15) is 30.5 Å². The van der Waals surface area contributed by atoms with Gasteiger partial charge in [0.15, 0.2) is 6.10 Å². The van der Waals surface area contributed by atoms with Gasteiger partial charge in [-0.05, 0) is 52.4 Å². The lowest BCUT2D eigenvalue weighted by Crippen LogP contribution is -2.62. The van der Waals surface area contributed by atoms with Crippen LogP contribution >= 0.6 is 15.9 Å². The summed E-state index contributed by atoms with van der Waals surface area (Å²) in [6.45, 7) is 4.91. The van der Waals surface area contributed by atoms with Crippen molar-refractivity contribution in [1.82, 2.24) is 0 Å². The predicted molar refractivity (Wildman–Crippen MR) is 203 cm³/mol. The fourth-order valence-electron chi connectivity index (χ4n) is 6.51. The molecule has 0 bridgehead atoms. The van der Waals surface area contributed by atoms with E-state index in [0.717, 1.165) is 37.9 Å². The Bertz CT molecular complexity index is 1810. The van der Waals surface area contributed by atoms with Crippen LogP contribution in [0.1, 0.15) is 46.4 Å².